The van der Waals surface area contributed by atoms with E-state index in [1.54, 1.807) is 37.3 Å². The van der Waals surface area contributed by atoms with Crippen LogP contribution in [0, 0.1) is 13.8 Å². The van der Waals surface area contributed by atoms with Crippen molar-refractivity contribution in [3.63, 3.8) is 0 Å². The second-order valence-corrected chi connectivity index (χ2v) is 6.28. The minimum Gasteiger partial charge on any atom is -0.495 e. The Morgan fingerprint density at radius 2 is 1.75 bits per heavy atom. The molecule has 0 saturated heterocycles. The Morgan fingerprint density at radius 3 is 2.38 bits per heavy atom. The van der Waals surface area contributed by atoms with Gasteiger partial charge in [0, 0.05) is 16.1 Å². The van der Waals surface area contributed by atoms with Crippen molar-refractivity contribution in [1.29, 1.82) is 0 Å². The number of benzene rings is 2. The molecule has 0 aliphatic carbocycles. The maximum Gasteiger partial charge on any atom is 0.265 e. The van der Waals surface area contributed by atoms with Gasteiger partial charge < -0.3 is 14.8 Å². The third kappa shape index (κ3) is 4.34. The molecule has 24 heavy (non-hydrogen) atoms. The lowest BCUT2D eigenvalue weighted by Crippen LogP contribution is -2.30. The second kappa shape index (κ2) is 7.77. The van der Waals surface area contributed by atoms with E-state index < -0.39 is 6.10 Å². The number of halogens is 2. The molecule has 0 aliphatic rings. The molecule has 0 saturated carbocycles. The number of methoxy groups -OCH3 is 1. The monoisotopic (exact) mass is 367 g/mol. The van der Waals surface area contributed by atoms with Crippen molar-refractivity contribution in [3.8, 4) is 11.5 Å². The standard InChI is InChI=1S/C18H19Cl2NO3/c1-10-7-13(5-6-14(10)19)24-12(3)18(22)21-16-8-11(2)15(20)9-17(16)23-4/h5-9,12H,1-4H3,(H,21,22). The van der Waals surface area contributed by atoms with Gasteiger partial charge in [-0.1, -0.05) is 23.2 Å². The number of rotatable bonds is 5. The molecule has 4 nitrogen and oxygen atoms in total. The molecule has 2 aromatic carbocycles. The van der Waals surface area contributed by atoms with Gasteiger partial charge in [0.05, 0.1) is 12.8 Å². The van der Waals surface area contributed by atoms with Crippen LogP contribution in [0.5, 0.6) is 11.5 Å². The number of aryl methyl sites for hydroxylation is 2. The van der Waals surface area contributed by atoms with Gasteiger partial charge in [0.1, 0.15) is 11.5 Å². The third-order valence-corrected chi connectivity index (χ3v) is 4.38. The Labute approximate surface area is 151 Å². The van der Waals surface area contributed by atoms with Gasteiger partial charge >= 0.3 is 0 Å². The minimum atomic E-state index is -0.689. The van der Waals surface area contributed by atoms with E-state index in [9.17, 15) is 4.79 Å². The number of hydrogen-bond donors (Lipinski definition) is 1. The molecule has 0 bridgehead atoms. The van der Waals surface area contributed by atoms with Crippen molar-refractivity contribution in [3.05, 3.63) is 51.5 Å². The van der Waals surface area contributed by atoms with E-state index in [0.29, 0.717) is 27.2 Å². The molecule has 0 radical (unpaired) electrons. The smallest absolute Gasteiger partial charge is 0.265 e. The van der Waals surface area contributed by atoms with E-state index in [-0.39, 0.29) is 5.91 Å². The summed E-state index contributed by atoms with van der Waals surface area (Å²) in [6, 6.07) is 8.69. The Morgan fingerprint density at radius 1 is 1.08 bits per heavy atom. The molecule has 0 heterocycles. The summed E-state index contributed by atoms with van der Waals surface area (Å²) in [4.78, 5) is 12.4. The number of amides is 1. The Balaban J connectivity index is 2.11. The van der Waals surface area contributed by atoms with Crippen LogP contribution in [-0.2, 0) is 4.79 Å². The van der Waals surface area contributed by atoms with E-state index in [1.165, 1.54) is 7.11 Å². The summed E-state index contributed by atoms with van der Waals surface area (Å²) in [5.74, 6) is 0.787. The maximum atomic E-state index is 12.4. The summed E-state index contributed by atoms with van der Waals surface area (Å²) < 4.78 is 10.9. The van der Waals surface area contributed by atoms with Crippen molar-refractivity contribution in [1.82, 2.24) is 0 Å². The molecule has 0 aliphatic heterocycles. The van der Waals surface area contributed by atoms with Crippen LogP contribution in [0.3, 0.4) is 0 Å². The summed E-state index contributed by atoms with van der Waals surface area (Å²) in [7, 11) is 1.52. The topological polar surface area (TPSA) is 47.6 Å². The normalized spacial score (nSPS) is 11.8. The van der Waals surface area contributed by atoms with Crippen molar-refractivity contribution in [2.75, 3.05) is 12.4 Å². The number of carbonyl (C=O) groups excluding carboxylic acids is 1. The summed E-state index contributed by atoms with van der Waals surface area (Å²) in [6.07, 6.45) is -0.689. The summed E-state index contributed by atoms with van der Waals surface area (Å²) in [5, 5.41) is 4.03. The Bertz CT molecular complexity index is 762. The van der Waals surface area contributed by atoms with Gasteiger partial charge in [-0.15, -0.1) is 0 Å². The van der Waals surface area contributed by atoms with E-state index in [4.69, 9.17) is 32.7 Å². The van der Waals surface area contributed by atoms with Crippen molar-refractivity contribution in [2.45, 2.75) is 26.9 Å². The lowest BCUT2D eigenvalue weighted by atomic mass is 10.2. The minimum absolute atomic E-state index is 0.289. The highest BCUT2D eigenvalue weighted by Crippen LogP contribution is 2.31. The molecular formula is C18H19Cl2NO3. The highest BCUT2D eigenvalue weighted by atomic mass is 35.5. The van der Waals surface area contributed by atoms with Gasteiger partial charge in [0.25, 0.3) is 5.91 Å². The predicted octanol–water partition coefficient (Wildman–Crippen LogP) is 5.02. The second-order valence-electron chi connectivity index (χ2n) is 5.46. The Kier molecular flexibility index (Phi) is 5.97. The van der Waals surface area contributed by atoms with Crippen molar-refractivity contribution >= 4 is 34.8 Å². The van der Waals surface area contributed by atoms with E-state index in [0.717, 1.165) is 11.1 Å². The number of nitrogens with one attached hydrogen (secondary N) is 1. The molecular weight excluding hydrogens is 349 g/mol. The zero-order chi connectivity index (χ0) is 17.9. The van der Waals surface area contributed by atoms with Gasteiger partial charge in [0.2, 0.25) is 0 Å². The van der Waals surface area contributed by atoms with Crippen LogP contribution in [0.1, 0.15) is 18.1 Å². The van der Waals surface area contributed by atoms with Gasteiger partial charge in [-0.25, -0.2) is 0 Å². The average Bonchev–Trinajstić information content (AvgIpc) is 2.54. The molecule has 0 spiro atoms. The number of carbonyl (C=O) groups is 1. The first-order valence-corrected chi connectivity index (χ1v) is 8.15. The fraction of sp³-hybridized carbons (Fsp3) is 0.278. The molecule has 0 fully saturated rings. The van der Waals surface area contributed by atoms with Crippen molar-refractivity contribution < 1.29 is 14.3 Å². The zero-order valence-electron chi connectivity index (χ0n) is 13.9. The molecule has 0 aromatic heterocycles. The number of hydrogen-bond acceptors (Lipinski definition) is 3. The fourth-order valence-corrected chi connectivity index (χ4v) is 2.38. The zero-order valence-corrected chi connectivity index (χ0v) is 15.5. The first-order valence-electron chi connectivity index (χ1n) is 7.39. The first kappa shape index (κ1) is 18.4. The lowest BCUT2D eigenvalue weighted by molar-refractivity contribution is -0.122. The van der Waals surface area contributed by atoms with Crippen LogP contribution in [-0.4, -0.2) is 19.1 Å². The van der Waals surface area contributed by atoms with E-state index in [1.807, 2.05) is 13.8 Å². The molecule has 1 unspecified atom stereocenters. The van der Waals surface area contributed by atoms with Crippen LogP contribution in [0.4, 0.5) is 5.69 Å². The molecule has 2 rings (SSSR count). The summed E-state index contributed by atoms with van der Waals surface area (Å²) >= 11 is 12.1. The van der Waals surface area contributed by atoms with Crippen LogP contribution < -0.4 is 14.8 Å². The van der Waals surface area contributed by atoms with Crippen molar-refractivity contribution in [2.24, 2.45) is 0 Å². The Hall–Kier alpha value is -1.91. The fourth-order valence-electron chi connectivity index (χ4n) is 2.11. The van der Waals surface area contributed by atoms with Gasteiger partial charge in [-0.2, -0.15) is 0 Å². The van der Waals surface area contributed by atoms with E-state index in [2.05, 4.69) is 5.32 Å². The molecule has 128 valence electrons. The van der Waals surface area contributed by atoms with E-state index >= 15 is 0 Å². The molecule has 1 amide bonds. The average molecular weight is 368 g/mol. The van der Waals surface area contributed by atoms with Crippen LogP contribution in [0.2, 0.25) is 10.0 Å². The largest absolute Gasteiger partial charge is 0.495 e. The van der Waals surface area contributed by atoms with Crippen LogP contribution in [0.15, 0.2) is 30.3 Å². The first-order chi connectivity index (χ1) is 11.3. The predicted molar refractivity (Wildman–Crippen MR) is 97.6 cm³/mol. The highest BCUT2D eigenvalue weighted by molar-refractivity contribution is 6.31. The van der Waals surface area contributed by atoms with Crippen LogP contribution >= 0.6 is 23.2 Å². The molecule has 1 N–H and O–H groups in total. The number of ether oxygens (including phenoxy) is 2. The number of anilines is 1. The van der Waals surface area contributed by atoms with Gasteiger partial charge in [-0.3, -0.25) is 4.79 Å². The lowest BCUT2D eigenvalue weighted by Gasteiger charge is -2.17. The molecule has 2 aromatic rings. The molecule has 1 atom stereocenters. The summed E-state index contributed by atoms with van der Waals surface area (Å²) in [5.41, 5.74) is 2.28. The third-order valence-electron chi connectivity index (χ3n) is 3.55. The quantitative estimate of drug-likeness (QED) is 0.806. The van der Waals surface area contributed by atoms with Gasteiger partial charge in [0.15, 0.2) is 6.10 Å². The summed E-state index contributed by atoms with van der Waals surface area (Å²) in [6.45, 7) is 5.41. The highest BCUT2D eigenvalue weighted by Gasteiger charge is 2.18. The SMILES string of the molecule is COc1cc(Cl)c(C)cc1NC(=O)C(C)Oc1ccc(Cl)c(C)c1. The molecule has 6 heteroatoms. The van der Waals surface area contributed by atoms with Gasteiger partial charge in [-0.05, 0) is 56.2 Å². The van der Waals surface area contributed by atoms with Crippen LogP contribution in [0.25, 0.3) is 0 Å². The maximum absolute atomic E-state index is 12.4.